The van der Waals surface area contributed by atoms with E-state index in [0.717, 1.165) is 10.6 Å². The molecule has 1 N–H and O–H groups in total. The van der Waals surface area contributed by atoms with Crippen LogP contribution in [0.4, 0.5) is 11.4 Å². The summed E-state index contributed by atoms with van der Waals surface area (Å²) in [7, 11) is -0.669. The SMILES string of the molecule is COc1ccc(NC(=O)CN(c2ccc(Cl)cc2)S(C)(=O)=O)cc1OC. The molecule has 0 fully saturated rings. The molecule has 0 spiro atoms. The Bertz CT molecular complexity index is 885. The quantitative estimate of drug-likeness (QED) is 0.775. The summed E-state index contributed by atoms with van der Waals surface area (Å²) in [4.78, 5) is 12.3. The molecule has 0 atom stereocenters. The van der Waals surface area contributed by atoms with Gasteiger partial charge in [0.15, 0.2) is 11.5 Å². The fraction of sp³-hybridized carbons (Fsp3) is 0.235. The number of carbonyl (C=O) groups is 1. The number of ether oxygens (including phenoxy) is 2. The second-order valence-corrected chi connectivity index (χ2v) is 7.71. The van der Waals surface area contributed by atoms with Gasteiger partial charge in [0.25, 0.3) is 0 Å². The van der Waals surface area contributed by atoms with E-state index < -0.39 is 15.9 Å². The first-order valence-electron chi connectivity index (χ1n) is 7.49. The highest BCUT2D eigenvalue weighted by molar-refractivity contribution is 7.92. The summed E-state index contributed by atoms with van der Waals surface area (Å²) in [5, 5.41) is 3.11. The lowest BCUT2D eigenvalue weighted by Gasteiger charge is -2.22. The molecular weight excluding hydrogens is 380 g/mol. The number of amides is 1. The van der Waals surface area contributed by atoms with Crippen LogP contribution < -0.4 is 19.1 Å². The summed E-state index contributed by atoms with van der Waals surface area (Å²) in [5.41, 5.74) is 0.802. The number of hydrogen-bond acceptors (Lipinski definition) is 5. The minimum Gasteiger partial charge on any atom is -0.493 e. The van der Waals surface area contributed by atoms with Crippen LogP contribution in [0.2, 0.25) is 5.02 Å². The van der Waals surface area contributed by atoms with Crippen LogP contribution in [0.5, 0.6) is 11.5 Å². The van der Waals surface area contributed by atoms with Crippen molar-refractivity contribution in [1.29, 1.82) is 0 Å². The minimum absolute atomic E-state index is 0.347. The van der Waals surface area contributed by atoms with E-state index in [0.29, 0.717) is 27.9 Å². The highest BCUT2D eigenvalue weighted by atomic mass is 35.5. The number of sulfonamides is 1. The minimum atomic E-state index is -3.66. The second-order valence-electron chi connectivity index (χ2n) is 5.36. The van der Waals surface area contributed by atoms with Crippen molar-refractivity contribution < 1.29 is 22.7 Å². The normalized spacial score (nSPS) is 10.9. The molecule has 140 valence electrons. The Kier molecular flexibility index (Phi) is 6.33. The maximum atomic E-state index is 12.3. The van der Waals surface area contributed by atoms with Crippen LogP contribution >= 0.6 is 11.6 Å². The van der Waals surface area contributed by atoms with Gasteiger partial charge in [0, 0.05) is 16.8 Å². The van der Waals surface area contributed by atoms with Gasteiger partial charge in [-0.3, -0.25) is 9.10 Å². The second kappa shape index (κ2) is 8.29. The molecule has 0 heterocycles. The van der Waals surface area contributed by atoms with Crippen LogP contribution in [0.15, 0.2) is 42.5 Å². The van der Waals surface area contributed by atoms with Crippen molar-refractivity contribution in [2.75, 3.05) is 36.6 Å². The first kappa shape index (κ1) is 19.9. The fourth-order valence-corrected chi connectivity index (χ4v) is 3.23. The third-order valence-corrected chi connectivity index (χ3v) is 4.86. The molecule has 0 aromatic heterocycles. The molecule has 0 aliphatic rings. The zero-order chi connectivity index (χ0) is 19.3. The van der Waals surface area contributed by atoms with Crippen LogP contribution in [0.3, 0.4) is 0 Å². The Balaban J connectivity index is 2.19. The number of nitrogens with one attached hydrogen (secondary N) is 1. The standard InChI is InChI=1S/C17H19ClN2O5S/c1-24-15-9-6-13(10-16(15)25-2)19-17(21)11-20(26(3,22)23)14-7-4-12(18)5-8-14/h4-10H,11H2,1-3H3,(H,19,21). The Morgan fingerprint density at radius 3 is 2.23 bits per heavy atom. The van der Waals surface area contributed by atoms with Crippen LogP contribution in [-0.4, -0.2) is 41.3 Å². The van der Waals surface area contributed by atoms with Crippen LogP contribution in [0.1, 0.15) is 0 Å². The van der Waals surface area contributed by atoms with E-state index in [1.807, 2.05) is 0 Å². The van der Waals surface area contributed by atoms with Gasteiger partial charge in [0.05, 0.1) is 26.2 Å². The van der Waals surface area contributed by atoms with Crippen molar-refractivity contribution in [3.8, 4) is 11.5 Å². The van der Waals surface area contributed by atoms with Crippen LogP contribution in [0, 0.1) is 0 Å². The Morgan fingerprint density at radius 1 is 1.08 bits per heavy atom. The molecular formula is C17H19ClN2O5S. The maximum Gasteiger partial charge on any atom is 0.245 e. The van der Waals surface area contributed by atoms with E-state index in [4.69, 9.17) is 21.1 Å². The molecule has 0 aliphatic carbocycles. The summed E-state index contributed by atoms with van der Waals surface area (Å²) < 4.78 is 35.4. The molecule has 0 bridgehead atoms. The van der Waals surface area contributed by atoms with E-state index in [1.165, 1.54) is 26.4 Å². The zero-order valence-electron chi connectivity index (χ0n) is 14.5. The molecule has 2 rings (SSSR count). The van der Waals surface area contributed by atoms with E-state index in [2.05, 4.69) is 5.32 Å². The van der Waals surface area contributed by atoms with Crippen molar-refractivity contribution in [2.45, 2.75) is 0 Å². The molecule has 26 heavy (non-hydrogen) atoms. The van der Waals surface area contributed by atoms with Gasteiger partial charge in [-0.15, -0.1) is 0 Å². The Labute approximate surface area is 157 Å². The van der Waals surface area contributed by atoms with Gasteiger partial charge < -0.3 is 14.8 Å². The first-order valence-corrected chi connectivity index (χ1v) is 9.72. The van der Waals surface area contributed by atoms with E-state index in [1.54, 1.807) is 30.3 Å². The Morgan fingerprint density at radius 2 is 1.69 bits per heavy atom. The van der Waals surface area contributed by atoms with Crippen molar-refractivity contribution in [2.24, 2.45) is 0 Å². The average Bonchev–Trinajstić information content (AvgIpc) is 2.59. The number of anilines is 2. The first-order chi connectivity index (χ1) is 12.2. The summed E-state index contributed by atoms with van der Waals surface area (Å²) in [6, 6.07) is 11.0. The summed E-state index contributed by atoms with van der Waals surface area (Å²) in [6.07, 6.45) is 1.03. The lowest BCUT2D eigenvalue weighted by Crippen LogP contribution is -2.37. The number of halogens is 1. The van der Waals surface area contributed by atoms with Gasteiger partial charge in [-0.2, -0.15) is 0 Å². The highest BCUT2D eigenvalue weighted by Gasteiger charge is 2.21. The Hall–Kier alpha value is -2.45. The van der Waals surface area contributed by atoms with Crippen LogP contribution in [-0.2, 0) is 14.8 Å². The molecule has 0 aliphatic heterocycles. The van der Waals surface area contributed by atoms with Gasteiger partial charge >= 0.3 is 0 Å². The number of rotatable bonds is 7. The van der Waals surface area contributed by atoms with Gasteiger partial charge in [0.2, 0.25) is 15.9 Å². The van der Waals surface area contributed by atoms with Crippen molar-refractivity contribution in [3.63, 3.8) is 0 Å². The highest BCUT2D eigenvalue weighted by Crippen LogP contribution is 2.29. The topological polar surface area (TPSA) is 84.9 Å². The number of benzene rings is 2. The van der Waals surface area contributed by atoms with E-state index in [9.17, 15) is 13.2 Å². The summed E-state index contributed by atoms with van der Waals surface area (Å²) >= 11 is 5.83. The molecule has 0 radical (unpaired) electrons. The predicted molar refractivity (Wildman–Crippen MR) is 102 cm³/mol. The van der Waals surface area contributed by atoms with Crippen LogP contribution in [0.25, 0.3) is 0 Å². The maximum absolute atomic E-state index is 12.3. The van der Waals surface area contributed by atoms with Crippen molar-refractivity contribution in [3.05, 3.63) is 47.5 Å². The molecule has 2 aromatic rings. The fourth-order valence-electron chi connectivity index (χ4n) is 2.25. The third kappa shape index (κ3) is 5.03. The van der Waals surface area contributed by atoms with Gasteiger partial charge in [-0.05, 0) is 36.4 Å². The average molecular weight is 399 g/mol. The summed E-state index contributed by atoms with van der Waals surface area (Å²) in [6.45, 7) is -0.380. The predicted octanol–water partition coefficient (Wildman–Crippen LogP) is 2.76. The molecule has 0 saturated carbocycles. The van der Waals surface area contributed by atoms with Gasteiger partial charge in [-0.25, -0.2) is 8.42 Å². The van der Waals surface area contributed by atoms with Gasteiger partial charge in [-0.1, -0.05) is 11.6 Å². The number of carbonyl (C=O) groups excluding carboxylic acids is 1. The molecule has 9 heteroatoms. The molecule has 1 amide bonds. The zero-order valence-corrected chi connectivity index (χ0v) is 16.1. The van der Waals surface area contributed by atoms with E-state index >= 15 is 0 Å². The third-order valence-electron chi connectivity index (χ3n) is 3.47. The largest absolute Gasteiger partial charge is 0.493 e. The number of methoxy groups -OCH3 is 2. The van der Waals surface area contributed by atoms with E-state index in [-0.39, 0.29) is 6.54 Å². The molecule has 2 aromatic carbocycles. The van der Waals surface area contributed by atoms with Gasteiger partial charge in [0.1, 0.15) is 6.54 Å². The smallest absolute Gasteiger partial charge is 0.245 e. The molecule has 0 saturated heterocycles. The number of nitrogens with zero attached hydrogens (tertiary/aromatic N) is 1. The lowest BCUT2D eigenvalue weighted by molar-refractivity contribution is -0.114. The summed E-state index contributed by atoms with van der Waals surface area (Å²) in [5.74, 6) is 0.463. The number of hydrogen-bond donors (Lipinski definition) is 1. The van der Waals surface area contributed by atoms with Crippen molar-refractivity contribution in [1.82, 2.24) is 0 Å². The van der Waals surface area contributed by atoms with Crippen molar-refractivity contribution >= 4 is 38.9 Å². The molecule has 0 unspecified atom stereocenters. The lowest BCUT2D eigenvalue weighted by atomic mass is 10.2. The monoisotopic (exact) mass is 398 g/mol. The molecule has 7 nitrogen and oxygen atoms in total.